The van der Waals surface area contributed by atoms with E-state index in [1.165, 1.54) is 0 Å². The third kappa shape index (κ3) is 4.95. The van der Waals surface area contributed by atoms with E-state index in [-0.39, 0.29) is 12.5 Å². The van der Waals surface area contributed by atoms with E-state index in [9.17, 15) is 9.90 Å². The molecule has 1 atom stereocenters. The van der Waals surface area contributed by atoms with Gasteiger partial charge in [0.1, 0.15) is 19.0 Å². The Morgan fingerprint density at radius 2 is 1.91 bits per heavy atom. The Hall–Kier alpha value is -4.37. The van der Waals surface area contributed by atoms with Gasteiger partial charge in [0.2, 0.25) is 5.95 Å². The van der Waals surface area contributed by atoms with Crippen LogP contribution in [0.3, 0.4) is 0 Å². The predicted molar refractivity (Wildman–Crippen MR) is 131 cm³/mol. The number of aliphatic hydroxyl groups excluding tert-OH is 1. The highest BCUT2D eigenvalue weighted by Crippen LogP contribution is 2.33. The molecule has 0 radical (unpaired) electrons. The smallest absolute Gasteiger partial charge is 0.253 e. The van der Waals surface area contributed by atoms with E-state index in [1.807, 2.05) is 55.5 Å². The maximum absolute atomic E-state index is 12.8. The number of amides is 1. The van der Waals surface area contributed by atoms with Gasteiger partial charge in [0.25, 0.3) is 5.91 Å². The van der Waals surface area contributed by atoms with Crippen LogP contribution in [0.1, 0.15) is 27.5 Å². The number of aliphatic hydroxyl groups is 1. The van der Waals surface area contributed by atoms with Gasteiger partial charge in [-0.25, -0.2) is 4.98 Å². The zero-order chi connectivity index (χ0) is 24.2. The second-order valence-electron chi connectivity index (χ2n) is 8.11. The minimum absolute atomic E-state index is 0.198. The first kappa shape index (κ1) is 22.4. The third-order valence-corrected chi connectivity index (χ3v) is 5.63. The highest BCUT2D eigenvalue weighted by molar-refractivity contribution is 5.94. The molecule has 9 nitrogen and oxygen atoms in total. The Morgan fingerprint density at radius 3 is 2.71 bits per heavy atom. The maximum atomic E-state index is 12.8. The fourth-order valence-electron chi connectivity index (χ4n) is 3.83. The summed E-state index contributed by atoms with van der Waals surface area (Å²) in [4.78, 5) is 21.9. The van der Waals surface area contributed by atoms with Crippen molar-refractivity contribution in [2.75, 3.05) is 25.1 Å². The quantitative estimate of drug-likeness (QED) is 0.378. The number of anilines is 2. The van der Waals surface area contributed by atoms with Gasteiger partial charge in [-0.2, -0.15) is 4.98 Å². The van der Waals surface area contributed by atoms with Crippen molar-refractivity contribution in [3.8, 4) is 17.3 Å². The molecule has 4 aromatic rings. The van der Waals surface area contributed by atoms with Gasteiger partial charge in [-0.3, -0.25) is 4.79 Å². The van der Waals surface area contributed by atoms with Crippen molar-refractivity contribution in [1.29, 1.82) is 0 Å². The molecule has 5 rings (SSSR count). The summed E-state index contributed by atoms with van der Waals surface area (Å²) in [5, 5.41) is 15.8. The molecular weight excluding hydrogens is 446 g/mol. The number of carbonyl (C=O) groups is 1. The Kier molecular flexibility index (Phi) is 6.32. The molecule has 0 fully saturated rings. The summed E-state index contributed by atoms with van der Waals surface area (Å²) < 4.78 is 13.0. The summed E-state index contributed by atoms with van der Waals surface area (Å²) in [6.45, 7) is 2.75. The highest BCUT2D eigenvalue weighted by Gasteiger charge is 2.17. The topological polar surface area (TPSA) is 111 Å². The molecule has 2 aromatic carbocycles. The number of aryl methyl sites for hydroxylation is 1. The number of hydrogen-bond donors (Lipinski definition) is 3. The maximum Gasteiger partial charge on any atom is 0.253 e. The average molecular weight is 472 g/mol. The van der Waals surface area contributed by atoms with Crippen LogP contribution >= 0.6 is 0 Å². The van der Waals surface area contributed by atoms with Gasteiger partial charge < -0.3 is 29.8 Å². The van der Waals surface area contributed by atoms with Crippen molar-refractivity contribution < 1.29 is 19.4 Å². The minimum Gasteiger partial charge on any atom is -0.486 e. The molecule has 9 heteroatoms. The minimum atomic E-state index is -0.491. The van der Waals surface area contributed by atoms with Crippen molar-refractivity contribution in [3.63, 3.8) is 0 Å². The normalized spacial score (nSPS) is 13.2. The van der Waals surface area contributed by atoms with E-state index in [0.29, 0.717) is 42.0 Å². The molecule has 1 amide bonds. The first-order chi connectivity index (χ1) is 17.1. The van der Waals surface area contributed by atoms with E-state index >= 15 is 0 Å². The summed E-state index contributed by atoms with van der Waals surface area (Å²) in [5.74, 6) is 2.15. The van der Waals surface area contributed by atoms with Crippen LogP contribution in [0, 0.1) is 6.92 Å². The van der Waals surface area contributed by atoms with E-state index < -0.39 is 6.04 Å². The van der Waals surface area contributed by atoms with Crippen molar-refractivity contribution in [2.24, 2.45) is 0 Å². The summed E-state index contributed by atoms with van der Waals surface area (Å²) in [7, 11) is 0. The lowest BCUT2D eigenvalue weighted by molar-refractivity contribution is 0.0916. The second-order valence-corrected chi connectivity index (χ2v) is 8.11. The van der Waals surface area contributed by atoms with Crippen LogP contribution in [0.4, 0.5) is 11.6 Å². The molecule has 2 aromatic heterocycles. The molecule has 178 valence electrons. The molecule has 35 heavy (non-hydrogen) atoms. The largest absolute Gasteiger partial charge is 0.486 e. The number of carbonyl (C=O) groups excluding carboxylic acids is 1. The monoisotopic (exact) mass is 471 g/mol. The molecule has 1 unspecified atom stereocenters. The number of benzene rings is 2. The fourth-order valence-corrected chi connectivity index (χ4v) is 3.83. The number of nitrogens with zero attached hydrogens (tertiary/aromatic N) is 3. The van der Waals surface area contributed by atoms with E-state index in [4.69, 9.17) is 9.47 Å². The van der Waals surface area contributed by atoms with Crippen molar-refractivity contribution in [1.82, 2.24) is 19.9 Å². The number of hydrogen-bond acceptors (Lipinski definition) is 7. The van der Waals surface area contributed by atoms with Crippen LogP contribution in [0.2, 0.25) is 0 Å². The van der Waals surface area contributed by atoms with Gasteiger partial charge in [0, 0.05) is 35.9 Å². The van der Waals surface area contributed by atoms with E-state index in [2.05, 4.69) is 20.6 Å². The summed E-state index contributed by atoms with van der Waals surface area (Å²) in [6.07, 6.45) is 5.20. The van der Waals surface area contributed by atoms with E-state index in [0.717, 1.165) is 16.8 Å². The van der Waals surface area contributed by atoms with Gasteiger partial charge in [-0.15, -0.1) is 0 Å². The molecule has 0 saturated carbocycles. The van der Waals surface area contributed by atoms with Crippen LogP contribution in [0.15, 0.2) is 73.2 Å². The molecule has 3 N–H and O–H groups in total. The number of fused-ring (bicyclic) bond motifs is 1. The molecular formula is C26H25N5O4. The molecule has 1 aliphatic rings. The Bertz CT molecular complexity index is 1340. The molecule has 0 aliphatic carbocycles. The van der Waals surface area contributed by atoms with Crippen molar-refractivity contribution in [2.45, 2.75) is 13.0 Å². The predicted octanol–water partition coefficient (Wildman–Crippen LogP) is 3.55. The number of nitrogens with one attached hydrogen (secondary N) is 2. The van der Waals surface area contributed by atoms with Crippen LogP contribution < -0.4 is 20.1 Å². The van der Waals surface area contributed by atoms with Gasteiger partial charge in [0.05, 0.1) is 18.2 Å². The standard InChI is InChI=1S/C26H25N5O4/c1-17-14-27-26(28-20-7-8-22-23(13-20)35-12-11-34-22)30-24(17)31-10-9-19(15-31)25(33)29-21(16-32)18-5-3-2-4-6-18/h2-10,13-15,21,32H,11-12,16H2,1H3,(H,29,33)(H,27,28,30). The second kappa shape index (κ2) is 9.86. The van der Waals surface area contributed by atoms with Crippen LogP contribution in [-0.4, -0.2) is 45.4 Å². The van der Waals surface area contributed by atoms with Crippen LogP contribution in [0.5, 0.6) is 11.5 Å². The number of ether oxygens (including phenoxy) is 2. The lowest BCUT2D eigenvalue weighted by atomic mass is 10.1. The molecule has 0 saturated heterocycles. The Morgan fingerprint density at radius 1 is 1.11 bits per heavy atom. The van der Waals surface area contributed by atoms with Crippen LogP contribution in [0.25, 0.3) is 5.82 Å². The Balaban J connectivity index is 1.33. The molecule has 1 aliphatic heterocycles. The summed E-state index contributed by atoms with van der Waals surface area (Å²) in [6, 6.07) is 16.2. The summed E-state index contributed by atoms with van der Waals surface area (Å²) >= 11 is 0. The zero-order valence-corrected chi connectivity index (χ0v) is 19.1. The lowest BCUT2D eigenvalue weighted by Crippen LogP contribution is -2.30. The molecule has 0 spiro atoms. The summed E-state index contributed by atoms with van der Waals surface area (Å²) in [5.41, 5.74) is 2.91. The fraction of sp³-hybridized carbons (Fsp3) is 0.192. The van der Waals surface area contributed by atoms with Crippen molar-refractivity contribution >= 4 is 17.5 Å². The van der Waals surface area contributed by atoms with Crippen molar-refractivity contribution in [3.05, 3.63) is 89.9 Å². The van der Waals surface area contributed by atoms with Gasteiger partial charge in [-0.1, -0.05) is 30.3 Å². The highest BCUT2D eigenvalue weighted by atomic mass is 16.6. The average Bonchev–Trinajstić information content (AvgIpc) is 3.39. The van der Waals surface area contributed by atoms with E-state index in [1.54, 1.807) is 29.2 Å². The van der Waals surface area contributed by atoms with Crippen LogP contribution in [-0.2, 0) is 0 Å². The number of aromatic nitrogens is 3. The lowest BCUT2D eigenvalue weighted by Gasteiger charge is -2.19. The SMILES string of the molecule is Cc1cnc(Nc2ccc3c(c2)OCCO3)nc1-n1ccc(C(=O)NC(CO)c2ccccc2)c1. The first-order valence-electron chi connectivity index (χ1n) is 11.3. The molecule has 3 heterocycles. The number of rotatable bonds is 7. The molecule has 0 bridgehead atoms. The zero-order valence-electron chi connectivity index (χ0n) is 19.1. The van der Waals surface area contributed by atoms with Gasteiger partial charge >= 0.3 is 0 Å². The first-order valence-corrected chi connectivity index (χ1v) is 11.3. The van der Waals surface area contributed by atoms with Gasteiger partial charge in [0.15, 0.2) is 11.5 Å². The van der Waals surface area contributed by atoms with Gasteiger partial charge in [-0.05, 0) is 30.7 Å². The Labute approximate surface area is 202 Å². The third-order valence-electron chi connectivity index (χ3n) is 5.63.